The van der Waals surface area contributed by atoms with E-state index in [2.05, 4.69) is 46.7 Å². The molecule has 2 aliphatic heterocycles. The van der Waals surface area contributed by atoms with Gasteiger partial charge in [-0.3, -0.25) is 9.79 Å². The Bertz CT molecular complexity index is 917. The molecule has 1 aromatic heterocycles. The molecule has 0 bridgehead atoms. The topological polar surface area (TPSA) is 87.4 Å². The van der Waals surface area contributed by atoms with Crippen molar-refractivity contribution in [3.05, 3.63) is 47.0 Å². The number of amides is 1. The molecule has 2 N–H and O–H groups in total. The average molecular weight is 551 g/mol. The van der Waals surface area contributed by atoms with Crippen molar-refractivity contribution in [2.45, 2.75) is 71.6 Å². The van der Waals surface area contributed by atoms with Crippen LogP contribution in [0.2, 0.25) is 0 Å². The van der Waals surface area contributed by atoms with Gasteiger partial charge in [-0.15, -0.1) is 24.0 Å². The highest BCUT2D eigenvalue weighted by atomic mass is 127. The van der Waals surface area contributed by atoms with Gasteiger partial charge in [0.15, 0.2) is 11.8 Å². The number of fused-ring (bicyclic) bond motifs is 2. The predicted octanol–water partition coefficient (Wildman–Crippen LogP) is 2.65. The first-order valence-corrected chi connectivity index (χ1v) is 11.5. The van der Waals surface area contributed by atoms with Gasteiger partial charge in [-0.1, -0.05) is 31.2 Å². The Morgan fingerprint density at radius 2 is 1.97 bits per heavy atom. The van der Waals surface area contributed by atoms with Gasteiger partial charge in [0.1, 0.15) is 5.82 Å². The number of hydrogen-bond donors (Lipinski definition) is 2. The molecule has 8 nitrogen and oxygen atoms in total. The Kier molecular flexibility index (Phi) is 8.89. The lowest BCUT2D eigenvalue weighted by molar-refractivity contribution is -0.131. The van der Waals surface area contributed by atoms with Crippen molar-refractivity contribution in [1.82, 2.24) is 30.3 Å². The first kappa shape index (κ1) is 24.5. The lowest BCUT2D eigenvalue weighted by Gasteiger charge is -2.25. The van der Waals surface area contributed by atoms with E-state index >= 15 is 0 Å². The molecule has 0 fully saturated rings. The third-order valence-electron chi connectivity index (χ3n) is 5.92. The second-order valence-electron chi connectivity index (χ2n) is 8.24. The molecular weight excluding hydrogens is 517 g/mol. The van der Waals surface area contributed by atoms with E-state index in [4.69, 9.17) is 4.99 Å². The fourth-order valence-corrected chi connectivity index (χ4v) is 4.23. The largest absolute Gasteiger partial charge is 0.357 e. The maximum absolute atomic E-state index is 12.6. The van der Waals surface area contributed by atoms with Crippen LogP contribution in [0.25, 0.3) is 0 Å². The number of carbonyl (C=O) groups excluding carboxylic acids is 1. The highest BCUT2D eigenvalue weighted by molar-refractivity contribution is 14.0. The van der Waals surface area contributed by atoms with E-state index in [-0.39, 0.29) is 35.9 Å². The molecule has 0 spiro atoms. The lowest BCUT2D eigenvalue weighted by atomic mass is 10.1. The molecule has 0 saturated heterocycles. The van der Waals surface area contributed by atoms with Crippen molar-refractivity contribution < 1.29 is 4.79 Å². The summed E-state index contributed by atoms with van der Waals surface area (Å²) in [5.74, 6) is 3.02. The molecule has 1 amide bonds. The quantitative estimate of drug-likeness (QED) is 0.239. The number of aromatic nitrogens is 3. The van der Waals surface area contributed by atoms with Crippen molar-refractivity contribution >= 4 is 35.8 Å². The number of benzene rings is 1. The van der Waals surface area contributed by atoms with Gasteiger partial charge in [0, 0.05) is 51.5 Å². The molecule has 0 radical (unpaired) electrons. The third kappa shape index (κ3) is 5.99. The van der Waals surface area contributed by atoms with Gasteiger partial charge in [-0.25, -0.2) is 9.67 Å². The SMILES string of the molecule is CCNC(=NCCCC(=O)N1Cc2ccccc2C1)NC1CCc2nc(CC)nn2C1.I. The summed E-state index contributed by atoms with van der Waals surface area (Å²) in [6, 6.07) is 8.57. The molecule has 0 saturated carbocycles. The molecule has 3 heterocycles. The van der Waals surface area contributed by atoms with E-state index in [0.29, 0.717) is 13.0 Å². The highest BCUT2D eigenvalue weighted by Gasteiger charge is 2.23. The molecular formula is C23H34IN7O. The van der Waals surface area contributed by atoms with Crippen LogP contribution in [0.5, 0.6) is 0 Å². The van der Waals surface area contributed by atoms with Crippen LogP contribution in [0, 0.1) is 0 Å². The number of hydrogen-bond acceptors (Lipinski definition) is 4. The summed E-state index contributed by atoms with van der Waals surface area (Å²) in [5.41, 5.74) is 2.53. The highest BCUT2D eigenvalue weighted by Crippen LogP contribution is 2.23. The second-order valence-corrected chi connectivity index (χ2v) is 8.24. The molecule has 2 aliphatic rings. The third-order valence-corrected chi connectivity index (χ3v) is 5.92. The molecule has 0 aliphatic carbocycles. The first-order chi connectivity index (χ1) is 15.2. The first-order valence-electron chi connectivity index (χ1n) is 11.5. The second kappa shape index (κ2) is 11.6. The normalized spacial score (nSPS) is 17.4. The van der Waals surface area contributed by atoms with Crippen molar-refractivity contribution in [2.24, 2.45) is 4.99 Å². The number of guanidine groups is 1. The minimum atomic E-state index is 0. The number of rotatable bonds is 7. The van der Waals surface area contributed by atoms with Crippen LogP contribution in [0.1, 0.15) is 55.9 Å². The average Bonchev–Trinajstić information content (AvgIpc) is 3.40. The standard InChI is InChI=1S/C23H33N7O.HI/c1-3-20-27-21-12-11-19(16-30(21)28-20)26-23(24-4-2)25-13-7-10-22(31)29-14-17-8-5-6-9-18(17)15-29;/h5-6,8-9,19H,3-4,7,10-16H2,1-2H3,(H2,24,25,26);1H. The Hall–Kier alpha value is -2.17. The number of nitrogens with one attached hydrogen (secondary N) is 2. The maximum atomic E-state index is 12.6. The molecule has 32 heavy (non-hydrogen) atoms. The molecule has 1 atom stereocenters. The Morgan fingerprint density at radius 1 is 1.22 bits per heavy atom. The van der Waals surface area contributed by atoms with Gasteiger partial charge < -0.3 is 15.5 Å². The van der Waals surface area contributed by atoms with Gasteiger partial charge >= 0.3 is 0 Å². The summed E-state index contributed by atoms with van der Waals surface area (Å²) in [5, 5.41) is 11.4. The van der Waals surface area contributed by atoms with Crippen molar-refractivity contribution in [1.29, 1.82) is 0 Å². The number of halogens is 1. The van der Waals surface area contributed by atoms with E-state index in [1.807, 2.05) is 21.7 Å². The van der Waals surface area contributed by atoms with E-state index in [1.54, 1.807) is 0 Å². The van der Waals surface area contributed by atoms with Gasteiger partial charge in [-0.2, -0.15) is 5.10 Å². The van der Waals surface area contributed by atoms with Crippen LogP contribution >= 0.6 is 24.0 Å². The van der Waals surface area contributed by atoms with Crippen molar-refractivity contribution in [2.75, 3.05) is 13.1 Å². The summed E-state index contributed by atoms with van der Waals surface area (Å²) in [6.07, 6.45) is 4.09. The summed E-state index contributed by atoms with van der Waals surface area (Å²) in [4.78, 5) is 23.8. The van der Waals surface area contributed by atoms with E-state index < -0.39 is 0 Å². The fourth-order valence-electron chi connectivity index (χ4n) is 4.23. The minimum Gasteiger partial charge on any atom is -0.357 e. The zero-order valence-electron chi connectivity index (χ0n) is 19.0. The summed E-state index contributed by atoms with van der Waals surface area (Å²) >= 11 is 0. The molecule has 4 rings (SSSR count). The maximum Gasteiger partial charge on any atom is 0.223 e. The molecule has 2 aromatic rings. The smallest absolute Gasteiger partial charge is 0.223 e. The number of carbonyl (C=O) groups is 1. The van der Waals surface area contributed by atoms with Crippen LogP contribution in [-0.2, 0) is 37.3 Å². The van der Waals surface area contributed by atoms with Crippen LogP contribution in [0.3, 0.4) is 0 Å². The monoisotopic (exact) mass is 551 g/mol. The van der Waals surface area contributed by atoms with Gasteiger partial charge in [-0.05, 0) is 30.9 Å². The molecule has 1 unspecified atom stereocenters. The number of aliphatic imine (C=N–C) groups is 1. The zero-order valence-corrected chi connectivity index (χ0v) is 21.3. The summed E-state index contributed by atoms with van der Waals surface area (Å²) < 4.78 is 2.02. The van der Waals surface area contributed by atoms with E-state index in [9.17, 15) is 4.79 Å². The van der Waals surface area contributed by atoms with Gasteiger partial charge in [0.2, 0.25) is 5.91 Å². The number of aryl methyl sites for hydroxylation is 2. The number of nitrogens with zero attached hydrogens (tertiary/aromatic N) is 5. The fraction of sp³-hybridized carbons (Fsp3) is 0.565. The lowest BCUT2D eigenvalue weighted by Crippen LogP contribution is -2.47. The minimum absolute atomic E-state index is 0. The zero-order chi connectivity index (χ0) is 21.6. The van der Waals surface area contributed by atoms with Crippen LogP contribution < -0.4 is 10.6 Å². The Morgan fingerprint density at radius 3 is 2.66 bits per heavy atom. The molecule has 9 heteroatoms. The molecule has 174 valence electrons. The van der Waals surface area contributed by atoms with Crippen molar-refractivity contribution in [3.63, 3.8) is 0 Å². The Labute approximate surface area is 207 Å². The van der Waals surface area contributed by atoms with Gasteiger partial charge in [0.25, 0.3) is 0 Å². The van der Waals surface area contributed by atoms with Crippen LogP contribution in [0.15, 0.2) is 29.3 Å². The van der Waals surface area contributed by atoms with Crippen molar-refractivity contribution in [3.8, 4) is 0 Å². The van der Waals surface area contributed by atoms with Gasteiger partial charge in [0.05, 0.1) is 6.54 Å². The van der Waals surface area contributed by atoms with E-state index in [0.717, 1.165) is 69.5 Å². The summed E-state index contributed by atoms with van der Waals surface area (Å²) in [7, 11) is 0. The van der Waals surface area contributed by atoms with E-state index in [1.165, 1.54) is 11.1 Å². The predicted molar refractivity (Wildman–Crippen MR) is 136 cm³/mol. The summed E-state index contributed by atoms with van der Waals surface area (Å²) in [6.45, 7) is 7.85. The Balaban J connectivity index is 0.00000289. The van der Waals surface area contributed by atoms with Crippen LogP contribution in [-0.4, -0.2) is 50.7 Å². The molecule has 1 aromatic carbocycles. The van der Waals surface area contributed by atoms with Crippen LogP contribution in [0.4, 0.5) is 0 Å².